The molecule has 2 aromatic heterocycles. The zero-order valence-electron chi connectivity index (χ0n) is 19.4. The van der Waals surface area contributed by atoms with Gasteiger partial charge >= 0.3 is 6.18 Å². The molecule has 2 N–H and O–H groups in total. The third-order valence-corrected chi connectivity index (χ3v) is 7.11. The van der Waals surface area contributed by atoms with Crippen LogP contribution in [0, 0.1) is 12.8 Å². The van der Waals surface area contributed by atoms with Crippen LogP contribution in [-0.4, -0.2) is 64.0 Å². The molecule has 8 nitrogen and oxygen atoms in total. The number of aliphatic hydroxyl groups excluding tert-OH is 1. The second kappa shape index (κ2) is 9.53. The molecule has 0 saturated carbocycles. The summed E-state index contributed by atoms with van der Waals surface area (Å²) in [6, 6.07) is 6.80. The molecule has 5 rings (SSSR count). The van der Waals surface area contributed by atoms with Gasteiger partial charge in [0.1, 0.15) is 11.5 Å². The van der Waals surface area contributed by atoms with E-state index < -0.39 is 24.0 Å². The van der Waals surface area contributed by atoms with Crippen molar-refractivity contribution in [3.05, 3.63) is 46.6 Å². The van der Waals surface area contributed by atoms with E-state index in [2.05, 4.69) is 10.3 Å². The lowest BCUT2D eigenvalue weighted by molar-refractivity contribution is -0.141. The van der Waals surface area contributed by atoms with E-state index in [1.54, 1.807) is 16.7 Å². The second-order valence-corrected chi connectivity index (χ2v) is 9.60. The zero-order chi connectivity index (χ0) is 25.6. The molecule has 1 aromatic carbocycles. The number of imidazole rings is 1. The molecule has 2 aliphatic heterocycles. The Morgan fingerprint density at radius 2 is 1.94 bits per heavy atom. The highest BCUT2D eigenvalue weighted by Gasteiger charge is 2.35. The van der Waals surface area contributed by atoms with Crippen molar-refractivity contribution < 1.29 is 27.8 Å². The number of nitrogens with one attached hydrogen (secondary N) is 1. The molecular weight excluding hydrogens is 499 g/mol. The van der Waals surface area contributed by atoms with Crippen molar-refractivity contribution in [1.29, 1.82) is 0 Å². The number of fused-ring (bicyclic) bond motifs is 1. The van der Waals surface area contributed by atoms with Crippen LogP contribution in [0.15, 0.2) is 30.3 Å². The van der Waals surface area contributed by atoms with E-state index in [1.807, 2.05) is 11.8 Å². The van der Waals surface area contributed by atoms with Crippen molar-refractivity contribution in [2.24, 2.45) is 5.92 Å². The van der Waals surface area contributed by atoms with Gasteiger partial charge in [0.05, 0.1) is 36.4 Å². The number of pyridine rings is 1. The summed E-state index contributed by atoms with van der Waals surface area (Å²) in [5, 5.41) is 13.2. The lowest BCUT2D eigenvalue weighted by atomic mass is 9.95. The topological polar surface area (TPSA) is 92.5 Å². The van der Waals surface area contributed by atoms with Crippen LogP contribution >= 0.6 is 11.6 Å². The molecule has 192 valence electrons. The molecule has 2 fully saturated rings. The molecule has 1 unspecified atom stereocenters. The average Bonchev–Trinajstić information content (AvgIpc) is 3.42. The summed E-state index contributed by atoms with van der Waals surface area (Å²) in [7, 11) is 0. The molecule has 3 aromatic rings. The number of aromatic nitrogens is 3. The van der Waals surface area contributed by atoms with E-state index in [0.717, 1.165) is 11.6 Å². The lowest BCUT2D eigenvalue weighted by Gasteiger charge is -2.33. The normalized spacial score (nSPS) is 21.3. The maximum absolute atomic E-state index is 13.4. The minimum Gasteiger partial charge on any atom is -0.388 e. The first-order valence-electron chi connectivity index (χ1n) is 11.7. The van der Waals surface area contributed by atoms with Crippen LogP contribution in [-0.2, 0) is 15.7 Å². The van der Waals surface area contributed by atoms with E-state index in [4.69, 9.17) is 21.3 Å². The molecule has 4 heterocycles. The molecule has 1 amide bonds. The van der Waals surface area contributed by atoms with E-state index in [1.165, 1.54) is 12.1 Å². The number of alkyl halides is 3. The van der Waals surface area contributed by atoms with Gasteiger partial charge in [-0.3, -0.25) is 9.36 Å². The highest BCUT2D eigenvalue weighted by Crippen LogP contribution is 2.34. The van der Waals surface area contributed by atoms with Crippen LogP contribution in [0.5, 0.6) is 0 Å². The number of nitrogens with zero attached hydrogens (tertiary/aromatic N) is 4. The number of anilines is 1. The monoisotopic (exact) mass is 523 g/mol. The smallest absolute Gasteiger partial charge is 0.388 e. The molecular formula is C24H25ClF3N5O3. The van der Waals surface area contributed by atoms with E-state index in [9.17, 15) is 23.1 Å². The maximum Gasteiger partial charge on any atom is 0.433 e. The van der Waals surface area contributed by atoms with Crippen molar-refractivity contribution in [3.8, 4) is 5.82 Å². The molecule has 2 saturated heterocycles. The Balaban J connectivity index is 1.44. The number of hydrogen-bond donors (Lipinski definition) is 2. The van der Waals surface area contributed by atoms with Crippen LogP contribution in [0.4, 0.5) is 19.1 Å². The molecule has 0 radical (unpaired) electrons. The first kappa shape index (κ1) is 24.8. The fraction of sp³-hybridized carbons (Fsp3) is 0.458. The second-order valence-electron chi connectivity index (χ2n) is 9.20. The Hall–Kier alpha value is -2.89. The van der Waals surface area contributed by atoms with Crippen molar-refractivity contribution in [2.75, 3.05) is 31.2 Å². The lowest BCUT2D eigenvalue weighted by Crippen LogP contribution is -2.48. The highest BCUT2D eigenvalue weighted by atomic mass is 35.5. The van der Waals surface area contributed by atoms with Gasteiger partial charge in [0.15, 0.2) is 0 Å². The number of amides is 1. The Labute approximate surface area is 210 Å². The number of aryl methyl sites for hydroxylation is 1. The van der Waals surface area contributed by atoms with Crippen molar-refractivity contribution in [2.45, 2.75) is 38.1 Å². The summed E-state index contributed by atoms with van der Waals surface area (Å²) in [5.41, 5.74) is 0.925. The Morgan fingerprint density at radius 1 is 1.19 bits per heavy atom. The van der Waals surface area contributed by atoms with Crippen LogP contribution < -0.4 is 10.2 Å². The Morgan fingerprint density at radius 3 is 2.61 bits per heavy atom. The largest absolute Gasteiger partial charge is 0.433 e. The highest BCUT2D eigenvalue weighted by molar-refractivity contribution is 6.32. The van der Waals surface area contributed by atoms with Gasteiger partial charge in [0.2, 0.25) is 11.9 Å². The first-order chi connectivity index (χ1) is 17.1. The molecule has 2 aliphatic rings. The predicted octanol–water partition coefficient (Wildman–Crippen LogP) is 3.49. The van der Waals surface area contributed by atoms with Gasteiger partial charge in [-0.2, -0.15) is 13.2 Å². The van der Waals surface area contributed by atoms with Gasteiger partial charge in [0, 0.05) is 24.0 Å². The van der Waals surface area contributed by atoms with Crippen LogP contribution in [0.2, 0.25) is 5.02 Å². The number of halogens is 4. The average molecular weight is 524 g/mol. The summed E-state index contributed by atoms with van der Waals surface area (Å²) in [4.78, 5) is 23.3. The Kier molecular flexibility index (Phi) is 6.56. The minimum atomic E-state index is -4.59. The number of carbonyl (C=O) groups is 1. The number of rotatable bonds is 4. The van der Waals surface area contributed by atoms with Crippen molar-refractivity contribution >= 4 is 34.5 Å². The quantitative estimate of drug-likeness (QED) is 0.544. The molecule has 0 spiro atoms. The standard InChI is InChI=1S/C24H25ClF3N5O3/c1-13-9-16-18(10-15(13)25)33(21-4-2-3-20(31-21)24(26,27)28)23(30-16)32-7-5-14(6-8-32)22(35)29-17-11-36-12-19(17)34/h2-4,9-10,14,17,19,34H,5-8,11-12H2,1H3,(H,29,35)/t17-,19?/m0/s1. The number of benzene rings is 1. The van der Waals surface area contributed by atoms with Gasteiger partial charge < -0.3 is 20.1 Å². The summed E-state index contributed by atoms with van der Waals surface area (Å²) in [6.07, 6.45) is -4.27. The van der Waals surface area contributed by atoms with Crippen molar-refractivity contribution in [1.82, 2.24) is 19.9 Å². The number of aliphatic hydroxyl groups is 1. The third-order valence-electron chi connectivity index (χ3n) is 6.70. The SMILES string of the molecule is Cc1cc2nc(N3CCC(C(=O)N[C@H]4COCC4O)CC3)n(-c3cccc(C(F)(F)F)n3)c2cc1Cl. The molecule has 0 aliphatic carbocycles. The maximum atomic E-state index is 13.4. The van der Waals surface area contributed by atoms with E-state index in [-0.39, 0.29) is 30.9 Å². The van der Waals surface area contributed by atoms with Crippen LogP contribution in [0.1, 0.15) is 24.1 Å². The summed E-state index contributed by atoms with van der Waals surface area (Å²) in [5.74, 6) is 0.129. The number of ether oxygens (including phenoxy) is 1. The van der Waals surface area contributed by atoms with Gasteiger partial charge in [-0.05, 0) is 49.6 Å². The van der Waals surface area contributed by atoms with Gasteiger partial charge in [-0.15, -0.1) is 0 Å². The minimum absolute atomic E-state index is 0.0809. The first-order valence-corrected chi connectivity index (χ1v) is 12.0. The fourth-order valence-corrected chi connectivity index (χ4v) is 4.81. The van der Waals surface area contributed by atoms with Crippen LogP contribution in [0.3, 0.4) is 0 Å². The number of piperidine rings is 1. The summed E-state index contributed by atoms with van der Waals surface area (Å²) >= 11 is 6.35. The molecule has 0 bridgehead atoms. The van der Waals surface area contributed by atoms with E-state index >= 15 is 0 Å². The predicted molar refractivity (Wildman–Crippen MR) is 127 cm³/mol. The number of carbonyl (C=O) groups excluding carboxylic acids is 1. The zero-order valence-corrected chi connectivity index (χ0v) is 20.2. The molecule has 2 atom stereocenters. The Bertz CT molecular complexity index is 1290. The van der Waals surface area contributed by atoms with Gasteiger partial charge in [-0.25, -0.2) is 9.97 Å². The summed E-state index contributed by atoms with van der Waals surface area (Å²) < 4.78 is 47.0. The molecule has 12 heteroatoms. The summed E-state index contributed by atoms with van der Waals surface area (Å²) in [6.45, 7) is 3.25. The fourth-order valence-electron chi connectivity index (χ4n) is 4.66. The van der Waals surface area contributed by atoms with E-state index in [0.29, 0.717) is 47.9 Å². The number of hydrogen-bond acceptors (Lipinski definition) is 6. The van der Waals surface area contributed by atoms with Crippen LogP contribution in [0.25, 0.3) is 16.9 Å². The third kappa shape index (κ3) is 4.74. The van der Waals surface area contributed by atoms with Crippen molar-refractivity contribution in [3.63, 3.8) is 0 Å². The van der Waals surface area contributed by atoms with Gasteiger partial charge in [0.25, 0.3) is 0 Å². The van der Waals surface area contributed by atoms with Gasteiger partial charge in [-0.1, -0.05) is 17.7 Å². The molecule has 36 heavy (non-hydrogen) atoms.